The molecule has 1 fully saturated rings. The van der Waals surface area contributed by atoms with Crippen LogP contribution >= 0.6 is 11.6 Å². The van der Waals surface area contributed by atoms with Gasteiger partial charge in [0.1, 0.15) is 10.8 Å². The largest absolute Gasteiger partial charge is 0.368 e. The molecule has 0 radical (unpaired) electrons. The van der Waals surface area contributed by atoms with Crippen LogP contribution in [0.4, 0.5) is 27.4 Å². The maximum Gasteiger partial charge on any atom is 0.277 e. The van der Waals surface area contributed by atoms with Gasteiger partial charge in [0.25, 0.3) is 11.8 Å². The van der Waals surface area contributed by atoms with Crippen molar-refractivity contribution in [3.05, 3.63) is 71.3 Å². The lowest BCUT2D eigenvalue weighted by atomic mass is 10.1. The van der Waals surface area contributed by atoms with Gasteiger partial charge in [0.05, 0.1) is 23.1 Å². The topological polar surface area (TPSA) is 160 Å². The van der Waals surface area contributed by atoms with Crippen molar-refractivity contribution in [2.45, 2.75) is 13.0 Å². The van der Waals surface area contributed by atoms with Crippen molar-refractivity contribution < 1.29 is 14.0 Å². The molecule has 15 heteroatoms. The number of likely N-dealkylation sites (N-methyl/N-ethyl adjacent to an activating group) is 1. The van der Waals surface area contributed by atoms with Crippen LogP contribution in [-0.2, 0) is 0 Å². The highest BCUT2D eigenvalue weighted by molar-refractivity contribution is 6.33. The summed E-state index contributed by atoms with van der Waals surface area (Å²) in [6, 6.07) is 6.18. The van der Waals surface area contributed by atoms with E-state index in [1.165, 1.54) is 36.9 Å². The molecule has 0 unspecified atom stereocenters. The number of hydrogen-bond acceptors (Lipinski definition) is 10. The van der Waals surface area contributed by atoms with Gasteiger partial charge in [-0.3, -0.25) is 14.6 Å². The fraction of sp³-hybridized carbons (Fsp3) is 0.240. The first-order valence-corrected chi connectivity index (χ1v) is 12.6. The zero-order valence-electron chi connectivity index (χ0n) is 21.5. The molecule has 206 valence electrons. The van der Waals surface area contributed by atoms with E-state index in [4.69, 9.17) is 17.3 Å². The lowest BCUT2D eigenvalue weighted by Gasteiger charge is -2.39. The molecule has 4 heterocycles. The first-order valence-electron chi connectivity index (χ1n) is 12.2. The van der Waals surface area contributed by atoms with E-state index < -0.39 is 17.6 Å². The molecule has 1 aliphatic rings. The standard InChI is InChI=1S/C25H25ClFN11O2/c1-14-12-37(8-7-36(14)2)21-9-17(27)20(10-18(21)32-23(39)16-11-30-25(28)33-22(16)26)38-13-19(34-35-38)24(40)31-15-3-5-29-6-4-15/h3-6,9-11,13-14H,7-8,12H2,1-2H3,(H,32,39)(H2,28,30,33)(H,29,31,40)/t14-/m0/s1. The normalized spacial score (nSPS) is 15.6. The molecule has 2 amide bonds. The number of benzene rings is 1. The number of rotatable bonds is 6. The maximum absolute atomic E-state index is 15.6. The van der Waals surface area contributed by atoms with Crippen molar-refractivity contribution >= 4 is 46.4 Å². The van der Waals surface area contributed by atoms with E-state index in [0.29, 0.717) is 30.2 Å². The van der Waals surface area contributed by atoms with E-state index in [-0.39, 0.29) is 34.1 Å². The van der Waals surface area contributed by atoms with Gasteiger partial charge in [-0.1, -0.05) is 16.8 Å². The quantitative estimate of drug-likeness (QED) is 0.296. The first kappa shape index (κ1) is 26.9. The van der Waals surface area contributed by atoms with Crippen LogP contribution in [0.2, 0.25) is 5.15 Å². The van der Waals surface area contributed by atoms with Gasteiger partial charge in [0.15, 0.2) is 11.5 Å². The highest BCUT2D eigenvalue weighted by Crippen LogP contribution is 2.33. The molecule has 0 saturated carbocycles. The second-order valence-corrected chi connectivity index (χ2v) is 9.58. The van der Waals surface area contributed by atoms with E-state index in [2.05, 4.69) is 47.7 Å². The smallest absolute Gasteiger partial charge is 0.277 e. The average Bonchev–Trinajstić information content (AvgIpc) is 3.42. The molecule has 4 N–H and O–H groups in total. The Bertz CT molecular complexity index is 1570. The van der Waals surface area contributed by atoms with Crippen LogP contribution in [0.1, 0.15) is 27.8 Å². The first-order chi connectivity index (χ1) is 19.2. The highest BCUT2D eigenvalue weighted by Gasteiger charge is 2.26. The third-order valence-corrected chi connectivity index (χ3v) is 6.82. The summed E-state index contributed by atoms with van der Waals surface area (Å²) in [7, 11) is 2.02. The van der Waals surface area contributed by atoms with Gasteiger partial charge in [-0.25, -0.2) is 19.0 Å². The Kier molecular flexibility index (Phi) is 7.53. The van der Waals surface area contributed by atoms with Crippen molar-refractivity contribution in [3.8, 4) is 5.69 Å². The van der Waals surface area contributed by atoms with Gasteiger partial charge < -0.3 is 26.2 Å². The maximum atomic E-state index is 15.6. The molecule has 1 saturated heterocycles. The van der Waals surface area contributed by atoms with Crippen molar-refractivity contribution in [2.75, 3.05) is 47.9 Å². The summed E-state index contributed by atoms with van der Waals surface area (Å²) in [6.45, 7) is 4.02. The minimum absolute atomic E-state index is 0.00439. The summed E-state index contributed by atoms with van der Waals surface area (Å²) in [5.74, 6) is -1.85. The second kappa shape index (κ2) is 11.2. The van der Waals surface area contributed by atoms with Crippen LogP contribution in [0.5, 0.6) is 0 Å². The summed E-state index contributed by atoms with van der Waals surface area (Å²) >= 11 is 6.13. The van der Waals surface area contributed by atoms with E-state index in [1.807, 2.05) is 11.9 Å². The molecule has 40 heavy (non-hydrogen) atoms. The number of nitrogens with one attached hydrogen (secondary N) is 2. The van der Waals surface area contributed by atoms with Crippen molar-refractivity contribution in [1.29, 1.82) is 0 Å². The number of anilines is 4. The number of carbonyl (C=O) groups excluding carboxylic acids is 2. The Labute approximate surface area is 233 Å². The van der Waals surface area contributed by atoms with Gasteiger partial charge in [-0.05, 0) is 32.2 Å². The number of nitrogen functional groups attached to an aromatic ring is 1. The molecular weight excluding hydrogens is 541 g/mol. The van der Waals surface area contributed by atoms with Crippen LogP contribution in [0.3, 0.4) is 0 Å². The number of nitrogens with zero attached hydrogens (tertiary/aromatic N) is 8. The summed E-state index contributed by atoms with van der Waals surface area (Å²) in [5, 5.41) is 13.2. The van der Waals surface area contributed by atoms with Gasteiger partial charge in [0, 0.05) is 56.0 Å². The summed E-state index contributed by atoms with van der Waals surface area (Å²) < 4.78 is 16.7. The number of hydrogen-bond donors (Lipinski definition) is 3. The van der Waals surface area contributed by atoms with Gasteiger partial charge >= 0.3 is 0 Å². The van der Waals surface area contributed by atoms with Crippen molar-refractivity contribution in [2.24, 2.45) is 0 Å². The fourth-order valence-corrected chi connectivity index (χ4v) is 4.41. The number of halogens is 2. The molecule has 1 aromatic carbocycles. The van der Waals surface area contributed by atoms with Crippen molar-refractivity contribution in [3.63, 3.8) is 0 Å². The number of pyridine rings is 1. The second-order valence-electron chi connectivity index (χ2n) is 9.22. The average molecular weight is 566 g/mol. The summed E-state index contributed by atoms with van der Waals surface area (Å²) in [5.41, 5.74) is 6.76. The predicted octanol–water partition coefficient (Wildman–Crippen LogP) is 2.47. The molecule has 1 atom stereocenters. The Hall–Kier alpha value is -4.69. The summed E-state index contributed by atoms with van der Waals surface area (Å²) in [4.78, 5) is 41.6. The lowest BCUT2D eigenvalue weighted by molar-refractivity contribution is 0.101. The van der Waals surface area contributed by atoms with Crippen molar-refractivity contribution in [1.82, 2.24) is 34.8 Å². The molecular formula is C25H25ClFN11O2. The van der Waals surface area contributed by atoms with Crippen LogP contribution in [0, 0.1) is 5.82 Å². The minimum atomic E-state index is -0.626. The zero-order chi connectivity index (χ0) is 28.4. The fourth-order valence-electron chi connectivity index (χ4n) is 4.19. The van der Waals surface area contributed by atoms with E-state index in [1.54, 1.807) is 12.1 Å². The predicted molar refractivity (Wildman–Crippen MR) is 147 cm³/mol. The van der Waals surface area contributed by atoms with E-state index in [0.717, 1.165) is 11.2 Å². The van der Waals surface area contributed by atoms with E-state index >= 15 is 4.39 Å². The van der Waals surface area contributed by atoms with Crippen LogP contribution in [0.25, 0.3) is 5.69 Å². The zero-order valence-corrected chi connectivity index (χ0v) is 22.3. The minimum Gasteiger partial charge on any atom is -0.368 e. The molecule has 0 spiro atoms. The highest BCUT2D eigenvalue weighted by atomic mass is 35.5. The molecule has 5 rings (SSSR count). The molecule has 1 aliphatic heterocycles. The molecule has 4 aromatic rings. The SMILES string of the molecule is C[C@H]1CN(c2cc(F)c(-n3cc(C(=O)Nc4ccncc4)nn3)cc2NC(=O)c2cnc(N)nc2Cl)CCN1C. The van der Waals surface area contributed by atoms with Gasteiger partial charge in [-0.15, -0.1) is 5.10 Å². The number of amides is 2. The molecule has 13 nitrogen and oxygen atoms in total. The molecule has 0 aliphatic carbocycles. The third kappa shape index (κ3) is 5.67. The Morgan fingerprint density at radius 3 is 2.62 bits per heavy atom. The number of piperazine rings is 1. The molecule has 0 bridgehead atoms. The summed E-state index contributed by atoms with van der Waals surface area (Å²) in [6.07, 6.45) is 5.57. The lowest BCUT2D eigenvalue weighted by Crippen LogP contribution is -2.50. The molecule has 3 aromatic heterocycles. The monoisotopic (exact) mass is 565 g/mol. The van der Waals surface area contributed by atoms with E-state index in [9.17, 15) is 9.59 Å². The Balaban J connectivity index is 1.49. The van der Waals surface area contributed by atoms with Crippen LogP contribution in [0.15, 0.2) is 49.1 Å². The third-order valence-electron chi connectivity index (χ3n) is 6.53. The number of aromatic nitrogens is 6. The van der Waals surface area contributed by atoms with Crippen LogP contribution in [-0.4, -0.2) is 79.4 Å². The van der Waals surface area contributed by atoms with Crippen LogP contribution < -0.4 is 21.3 Å². The Morgan fingerprint density at radius 2 is 1.90 bits per heavy atom. The number of nitrogens with two attached hydrogens (primary N) is 1. The van der Waals surface area contributed by atoms with Gasteiger partial charge in [-0.2, -0.15) is 0 Å². The Morgan fingerprint density at radius 1 is 1.12 bits per heavy atom. The van der Waals surface area contributed by atoms with Gasteiger partial charge in [0.2, 0.25) is 5.95 Å². The number of carbonyl (C=O) groups is 2.